The number of hydrogen-bond donors (Lipinski definition) is 1. The maximum Gasteiger partial charge on any atom is 0.393 e. The molecule has 0 atom stereocenters. The number of rotatable bonds is 0. The molecular weight excluding hydrogens is 77.0 g/mol. The van der Waals surface area contributed by atoms with Gasteiger partial charge in [0.1, 0.15) is 0 Å². The quantitative estimate of drug-likeness (QED) is 0.417. The summed E-state index contributed by atoms with van der Waals surface area (Å²) in [7, 11) is -2.62. The van der Waals surface area contributed by atoms with Crippen LogP contribution in [-0.4, -0.2) is 0 Å². The molecule has 0 rings (SSSR count). The summed E-state index contributed by atoms with van der Waals surface area (Å²) in [6.45, 7) is 0. The molecule has 0 fully saturated rings. The van der Waals surface area contributed by atoms with Gasteiger partial charge in [-0.2, -0.15) is 0 Å². The standard InChI is InChI=1S/H2NO2P/c1-4(2)3/h(H2,1,2,3). The summed E-state index contributed by atoms with van der Waals surface area (Å²) in [5.74, 6) is 0. The van der Waals surface area contributed by atoms with Crippen molar-refractivity contribution in [3.63, 3.8) is 0 Å². The van der Waals surface area contributed by atoms with Gasteiger partial charge in [-0.05, 0) is 0 Å². The van der Waals surface area contributed by atoms with Gasteiger partial charge in [-0.1, -0.05) is 0 Å². The second kappa shape index (κ2) is 1.21. The molecule has 0 amide bonds. The second-order valence-electron chi connectivity index (χ2n) is 0.285. The van der Waals surface area contributed by atoms with Gasteiger partial charge in [-0.3, -0.25) is 0 Å². The zero-order chi connectivity index (χ0) is 3.58. The molecule has 0 bridgehead atoms. The van der Waals surface area contributed by atoms with E-state index in [9.17, 15) is 0 Å². The average Bonchev–Trinajstić information content (AvgIpc) is 0.811. The van der Waals surface area contributed by atoms with Crippen LogP contribution in [0.15, 0.2) is 0 Å². The van der Waals surface area contributed by atoms with Crippen molar-refractivity contribution < 1.29 is 9.13 Å². The largest absolute Gasteiger partial charge is 0.393 e. The van der Waals surface area contributed by atoms with E-state index in [0.29, 0.717) is 0 Å². The van der Waals surface area contributed by atoms with E-state index in [1.807, 2.05) is 0 Å². The van der Waals surface area contributed by atoms with Gasteiger partial charge < -0.3 is 0 Å². The number of hydrogen-bond acceptors (Lipinski definition) is 2. The fourth-order valence-corrected chi connectivity index (χ4v) is 0. The highest BCUT2D eigenvalue weighted by molar-refractivity contribution is 7.27. The Kier molecular flexibility index (Phi) is 1.17. The summed E-state index contributed by atoms with van der Waals surface area (Å²) < 4.78 is 17.6. The van der Waals surface area contributed by atoms with Crippen LogP contribution in [-0.2, 0) is 9.13 Å². The van der Waals surface area contributed by atoms with E-state index >= 15 is 0 Å². The summed E-state index contributed by atoms with van der Waals surface area (Å²) in [4.78, 5) is 0. The van der Waals surface area contributed by atoms with Gasteiger partial charge in [-0.15, -0.1) is 0 Å². The highest BCUT2D eigenvalue weighted by Crippen LogP contribution is 1.76. The fourth-order valence-electron chi connectivity index (χ4n) is 0. The van der Waals surface area contributed by atoms with Crippen molar-refractivity contribution in [3.8, 4) is 0 Å². The molecular formula is H2NO2P. The first-order chi connectivity index (χ1) is 1.73. The molecule has 0 heterocycles. The number of nitrogens with two attached hydrogens (primary N) is 1. The summed E-state index contributed by atoms with van der Waals surface area (Å²) in [6.07, 6.45) is 0. The Bertz CT molecular complexity index is 54.4. The van der Waals surface area contributed by atoms with Crippen LogP contribution in [0.1, 0.15) is 0 Å². The topological polar surface area (TPSA) is 60.2 Å². The highest BCUT2D eigenvalue weighted by Gasteiger charge is 1.53. The molecule has 0 radical (unpaired) electrons. The van der Waals surface area contributed by atoms with E-state index in [1.165, 1.54) is 0 Å². The average molecular weight is 79.0 g/mol. The zero-order valence-corrected chi connectivity index (χ0v) is 2.74. The van der Waals surface area contributed by atoms with Crippen LogP contribution >= 0.6 is 7.83 Å². The van der Waals surface area contributed by atoms with Crippen LogP contribution in [0.4, 0.5) is 0 Å². The Morgan fingerprint density at radius 2 is 1.50 bits per heavy atom. The van der Waals surface area contributed by atoms with Gasteiger partial charge in [0.25, 0.3) is 0 Å². The molecule has 0 aromatic carbocycles. The van der Waals surface area contributed by atoms with E-state index in [-0.39, 0.29) is 0 Å². The molecule has 0 saturated carbocycles. The molecule has 0 unspecified atom stereocenters. The van der Waals surface area contributed by atoms with Crippen LogP contribution in [0.5, 0.6) is 0 Å². The molecule has 0 aliphatic heterocycles. The van der Waals surface area contributed by atoms with Crippen molar-refractivity contribution in [1.29, 1.82) is 0 Å². The van der Waals surface area contributed by atoms with Crippen molar-refractivity contribution in [3.05, 3.63) is 0 Å². The minimum Gasteiger partial charge on any atom is -0.224 e. The Morgan fingerprint density at radius 1 is 1.50 bits per heavy atom. The summed E-state index contributed by atoms with van der Waals surface area (Å²) in [5, 5.41) is 0. The molecule has 24 valence electrons. The lowest BCUT2D eigenvalue weighted by Crippen LogP contribution is -1.58. The first-order valence-electron chi connectivity index (χ1n) is 0.623. The van der Waals surface area contributed by atoms with E-state index in [1.54, 1.807) is 0 Å². The molecule has 0 aromatic rings. The molecule has 3 nitrogen and oxygen atoms in total. The van der Waals surface area contributed by atoms with Gasteiger partial charge in [0, 0.05) is 0 Å². The van der Waals surface area contributed by atoms with E-state index in [0.717, 1.165) is 0 Å². The molecule has 0 aromatic heterocycles. The Morgan fingerprint density at radius 3 is 1.50 bits per heavy atom. The van der Waals surface area contributed by atoms with Crippen molar-refractivity contribution in [1.82, 2.24) is 0 Å². The first kappa shape index (κ1) is 3.86. The van der Waals surface area contributed by atoms with Crippen LogP contribution in [0.25, 0.3) is 0 Å². The Balaban J connectivity index is 3.51. The van der Waals surface area contributed by atoms with Crippen LogP contribution < -0.4 is 5.50 Å². The van der Waals surface area contributed by atoms with E-state index in [4.69, 9.17) is 9.13 Å². The van der Waals surface area contributed by atoms with Crippen LogP contribution in [0.3, 0.4) is 0 Å². The Hall–Kier alpha value is -0.140. The van der Waals surface area contributed by atoms with Gasteiger partial charge in [0.05, 0.1) is 0 Å². The van der Waals surface area contributed by atoms with Crippen LogP contribution in [0.2, 0.25) is 0 Å². The van der Waals surface area contributed by atoms with Gasteiger partial charge in [-0.25, -0.2) is 14.6 Å². The van der Waals surface area contributed by atoms with Gasteiger partial charge >= 0.3 is 7.83 Å². The predicted molar refractivity (Wildman–Crippen MR) is 12.5 cm³/mol. The first-order valence-corrected chi connectivity index (χ1v) is 1.87. The highest BCUT2D eigenvalue weighted by atomic mass is 31.1. The smallest absolute Gasteiger partial charge is 0.224 e. The fraction of sp³-hybridized carbons (Fsp3) is 0. The summed E-state index contributed by atoms with van der Waals surface area (Å²) in [6, 6.07) is 0. The third kappa shape index (κ3) is 70.2. The van der Waals surface area contributed by atoms with Gasteiger partial charge in [0.2, 0.25) is 0 Å². The molecule has 0 aliphatic rings. The third-order valence-electron chi connectivity index (χ3n) is 0. The molecule has 0 spiro atoms. The molecule has 0 saturated heterocycles. The minimum absolute atomic E-state index is 2.62. The monoisotopic (exact) mass is 79.0 g/mol. The zero-order valence-electron chi connectivity index (χ0n) is 1.84. The maximum absolute atomic E-state index is 8.81. The molecule has 2 N–H and O–H groups in total. The van der Waals surface area contributed by atoms with Crippen LogP contribution in [0, 0.1) is 0 Å². The maximum atomic E-state index is 8.81. The van der Waals surface area contributed by atoms with Gasteiger partial charge in [0.15, 0.2) is 0 Å². The van der Waals surface area contributed by atoms with Crippen molar-refractivity contribution in [2.45, 2.75) is 0 Å². The van der Waals surface area contributed by atoms with Crippen molar-refractivity contribution in [2.75, 3.05) is 0 Å². The Labute approximate surface area is 23.7 Å². The van der Waals surface area contributed by atoms with Crippen molar-refractivity contribution in [2.24, 2.45) is 5.50 Å². The SMILES string of the molecule is NP(=O)=O. The third-order valence-corrected chi connectivity index (χ3v) is 0. The molecule has 4 heavy (non-hydrogen) atoms. The van der Waals surface area contributed by atoms with E-state index < -0.39 is 7.83 Å². The lowest BCUT2D eigenvalue weighted by Gasteiger charge is -1.36. The summed E-state index contributed by atoms with van der Waals surface area (Å²) in [5.41, 5.74) is 4.06. The lowest BCUT2D eigenvalue weighted by molar-refractivity contribution is 0.516. The summed E-state index contributed by atoms with van der Waals surface area (Å²) >= 11 is 0. The molecule has 0 aliphatic carbocycles. The lowest BCUT2D eigenvalue weighted by atomic mass is 13.9. The van der Waals surface area contributed by atoms with E-state index in [2.05, 4.69) is 5.50 Å². The molecule has 4 heteroatoms. The van der Waals surface area contributed by atoms with Crippen molar-refractivity contribution >= 4 is 7.83 Å². The minimum atomic E-state index is -2.62. The normalized spacial score (nSPS) is 6.25. The predicted octanol–water partition coefficient (Wildman–Crippen LogP) is 0.0330. The second-order valence-corrected chi connectivity index (χ2v) is 0.856.